The Hall–Kier alpha value is -3.92. The fourth-order valence-electron chi connectivity index (χ4n) is 2.70. The summed E-state index contributed by atoms with van der Waals surface area (Å²) in [5.41, 5.74) is 3.80. The Morgan fingerprint density at radius 1 is 1.03 bits per heavy atom. The molecule has 2 heterocycles. The first-order valence-corrected chi connectivity index (χ1v) is 9.52. The van der Waals surface area contributed by atoms with Gasteiger partial charge in [-0.25, -0.2) is 14.8 Å². The number of pyridine rings is 1. The van der Waals surface area contributed by atoms with Crippen LogP contribution in [0.15, 0.2) is 61.2 Å². The first-order valence-electron chi connectivity index (χ1n) is 9.52. The van der Waals surface area contributed by atoms with Crippen LogP contribution in [0.25, 0.3) is 0 Å². The van der Waals surface area contributed by atoms with E-state index in [1.54, 1.807) is 24.8 Å². The Bertz CT molecular complexity index is 1010. The van der Waals surface area contributed by atoms with Crippen molar-refractivity contribution in [3.63, 3.8) is 0 Å². The van der Waals surface area contributed by atoms with E-state index in [0.717, 1.165) is 22.3 Å². The van der Waals surface area contributed by atoms with Crippen molar-refractivity contribution < 1.29 is 9.53 Å². The summed E-state index contributed by atoms with van der Waals surface area (Å²) in [5.74, 6) is 6.73. The predicted molar refractivity (Wildman–Crippen MR) is 115 cm³/mol. The average molecular weight is 401 g/mol. The highest BCUT2D eigenvalue weighted by Crippen LogP contribution is 2.07. The van der Waals surface area contributed by atoms with Gasteiger partial charge in [-0.15, -0.1) is 0 Å². The Balaban J connectivity index is 1.53. The average Bonchev–Trinajstić information content (AvgIpc) is 2.78. The van der Waals surface area contributed by atoms with Gasteiger partial charge in [0, 0.05) is 42.9 Å². The van der Waals surface area contributed by atoms with Gasteiger partial charge in [0.1, 0.15) is 0 Å². The minimum absolute atomic E-state index is 0.0168. The molecule has 0 bridgehead atoms. The summed E-state index contributed by atoms with van der Waals surface area (Å²) in [5, 5.41) is 5.91. The molecule has 0 saturated carbocycles. The zero-order valence-corrected chi connectivity index (χ0v) is 16.9. The molecule has 3 aromatic rings. The SMILES string of the molecule is COC(=O)NC(C)Cc1ccc(C#Cc2cnc(NCc3cccnc3)nc2)cc1. The van der Waals surface area contributed by atoms with Gasteiger partial charge in [-0.3, -0.25) is 4.98 Å². The lowest BCUT2D eigenvalue weighted by Crippen LogP contribution is -2.33. The van der Waals surface area contributed by atoms with Gasteiger partial charge >= 0.3 is 6.09 Å². The second-order valence-corrected chi connectivity index (χ2v) is 6.70. The highest BCUT2D eigenvalue weighted by atomic mass is 16.5. The van der Waals surface area contributed by atoms with Crippen molar-refractivity contribution in [2.45, 2.75) is 25.9 Å². The molecular weight excluding hydrogens is 378 g/mol. The highest BCUT2D eigenvalue weighted by Gasteiger charge is 2.07. The molecule has 0 radical (unpaired) electrons. The Morgan fingerprint density at radius 2 is 1.77 bits per heavy atom. The number of hydrogen-bond acceptors (Lipinski definition) is 6. The molecule has 0 aliphatic carbocycles. The fourth-order valence-corrected chi connectivity index (χ4v) is 2.70. The summed E-state index contributed by atoms with van der Waals surface area (Å²) in [6.45, 7) is 2.54. The van der Waals surface area contributed by atoms with Crippen molar-refractivity contribution in [2.24, 2.45) is 0 Å². The maximum Gasteiger partial charge on any atom is 0.407 e. The van der Waals surface area contributed by atoms with E-state index in [1.807, 2.05) is 43.3 Å². The highest BCUT2D eigenvalue weighted by molar-refractivity contribution is 5.67. The van der Waals surface area contributed by atoms with Gasteiger partial charge in [0.2, 0.25) is 5.95 Å². The molecule has 0 spiro atoms. The number of carbonyl (C=O) groups excluding carboxylic acids is 1. The van der Waals surface area contributed by atoms with E-state index < -0.39 is 6.09 Å². The first-order chi connectivity index (χ1) is 14.6. The van der Waals surface area contributed by atoms with E-state index >= 15 is 0 Å². The first kappa shape index (κ1) is 20.8. The van der Waals surface area contributed by atoms with Gasteiger partial charge in [-0.2, -0.15) is 0 Å². The van der Waals surface area contributed by atoms with Crippen molar-refractivity contribution in [1.29, 1.82) is 0 Å². The third-order valence-electron chi connectivity index (χ3n) is 4.22. The molecule has 0 aliphatic rings. The molecule has 30 heavy (non-hydrogen) atoms. The van der Waals surface area contributed by atoms with Crippen LogP contribution >= 0.6 is 0 Å². The summed E-state index contributed by atoms with van der Waals surface area (Å²) in [4.78, 5) is 23.9. The van der Waals surface area contributed by atoms with E-state index in [9.17, 15) is 4.79 Å². The van der Waals surface area contributed by atoms with Gasteiger partial charge in [-0.1, -0.05) is 30.0 Å². The normalized spacial score (nSPS) is 11.0. The molecule has 1 amide bonds. The van der Waals surface area contributed by atoms with Crippen LogP contribution in [0.3, 0.4) is 0 Å². The lowest BCUT2D eigenvalue weighted by molar-refractivity contribution is 0.167. The number of amides is 1. The maximum atomic E-state index is 11.2. The number of alkyl carbamates (subject to hydrolysis) is 1. The van der Waals surface area contributed by atoms with E-state index in [0.29, 0.717) is 18.9 Å². The number of methoxy groups -OCH3 is 1. The van der Waals surface area contributed by atoms with Crippen molar-refractivity contribution in [1.82, 2.24) is 20.3 Å². The van der Waals surface area contributed by atoms with Crippen molar-refractivity contribution in [3.8, 4) is 11.8 Å². The zero-order valence-electron chi connectivity index (χ0n) is 16.9. The van der Waals surface area contributed by atoms with Gasteiger partial charge in [0.15, 0.2) is 0 Å². The fraction of sp³-hybridized carbons (Fsp3) is 0.217. The van der Waals surface area contributed by atoms with E-state index in [1.165, 1.54) is 7.11 Å². The van der Waals surface area contributed by atoms with E-state index in [-0.39, 0.29) is 6.04 Å². The standard InChI is InChI=1S/C23H23N5O2/c1-17(28-23(29)30-2)12-19-8-5-18(6-9-19)7-10-21-15-26-22(27-16-21)25-14-20-4-3-11-24-13-20/h3-6,8-9,11,13,15-17H,12,14H2,1-2H3,(H,28,29)(H,25,26,27). The van der Waals surface area contributed by atoms with E-state index in [2.05, 4.69) is 42.2 Å². The molecule has 0 fully saturated rings. The molecule has 7 heteroatoms. The van der Waals surface area contributed by atoms with Crippen LogP contribution in [-0.4, -0.2) is 34.2 Å². The summed E-state index contributed by atoms with van der Waals surface area (Å²) >= 11 is 0. The summed E-state index contributed by atoms with van der Waals surface area (Å²) in [6, 6.07) is 11.8. The molecule has 2 N–H and O–H groups in total. The quantitative estimate of drug-likeness (QED) is 0.617. The van der Waals surface area contributed by atoms with Crippen LogP contribution in [0, 0.1) is 11.8 Å². The summed E-state index contributed by atoms with van der Waals surface area (Å²) in [6.07, 6.45) is 7.22. The number of nitrogens with one attached hydrogen (secondary N) is 2. The molecule has 7 nitrogen and oxygen atoms in total. The zero-order chi connectivity index (χ0) is 21.2. The second-order valence-electron chi connectivity index (χ2n) is 6.70. The minimum atomic E-state index is -0.425. The van der Waals surface area contributed by atoms with Gasteiger partial charge in [-0.05, 0) is 42.7 Å². The predicted octanol–water partition coefficient (Wildman–Crippen LogP) is 3.17. The number of aromatic nitrogens is 3. The summed E-state index contributed by atoms with van der Waals surface area (Å²) < 4.78 is 4.61. The van der Waals surface area contributed by atoms with E-state index in [4.69, 9.17) is 0 Å². The molecule has 0 saturated heterocycles. The largest absolute Gasteiger partial charge is 0.453 e. The molecular formula is C23H23N5O2. The molecule has 3 rings (SSSR count). The molecule has 2 aromatic heterocycles. The maximum absolute atomic E-state index is 11.2. The second kappa shape index (κ2) is 10.6. The molecule has 1 unspecified atom stereocenters. The van der Waals surface area contributed by atoms with Gasteiger partial charge in [0.05, 0.1) is 12.7 Å². The molecule has 1 aromatic carbocycles. The Morgan fingerprint density at radius 3 is 2.43 bits per heavy atom. The lowest BCUT2D eigenvalue weighted by Gasteiger charge is -2.12. The minimum Gasteiger partial charge on any atom is -0.453 e. The number of rotatable bonds is 6. The number of carbonyl (C=O) groups is 1. The molecule has 1 atom stereocenters. The summed E-state index contributed by atoms with van der Waals surface area (Å²) in [7, 11) is 1.35. The van der Waals surface area contributed by atoms with Crippen LogP contribution < -0.4 is 10.6 Å². The van der Waals surface area contributed by atoms with Crippen molar-refractivity contribution >= 4 is 12.0 Å². The number of hydrogen-bond donors (Lipinski definition) is 2. The third kappa shape index (κ3) is 6.60. The Kier molecular flexibility index (Phi) is 7.34. The van der Waals surface area contributed by atoms with Crippen LogP contribution in [-0.2, 0) is 17.7 Å². The Labute approximate surface area is 175 Å². The van der Waals surface area contributed by atoms with Crippen LogP contribution in [0.5, 0.6) is 0 Å². The van der Waals surface area contributed by atoms with Crippen LogP contribution in [0.1, 0.15) is 29.2 Å². The third-order valence-corrected chi connectivity index (χ3v) is 4.22. The number of anilines is 1. The number of ether oxygens (including phenoxy) is 1. The molecule has 0 aliphatic heterocycles. The van der Waals surface area contributed by atoms with Crippen molar-refractivity contribution in [3.05, 3.63) is 83.4 Å². The molecule has 152 valence electrons. The van der Waals surface area contributed by atoms with Gasteiger partial charge in [0.25, 0.3) is 0 Å². The van der Waals surface area contributed by atoms with Crippen LogP contribution in [0.2, 0.25) is 0 Å². The number of nitrogens with zero attached hydrogens (tertiary/aromatic N) is 3. The monoisotopic (exact) mass is 401 g/mol. The smallest absolute Gasteiger partial charge is 0.407 e. The number of benzene rings is 1. The van der Waals surface area contributed by atoms with Crippen LogP contribution in [0.4, 0.5) is 10.7 Å². The lowest BCUT2D eigenvalue weighted by atomic mass is 10.1. The van der Waals surface area contributed by atoms with Gasteiger partial charge < -0.3 is 15.4 Å². The van der Waals surface area contributed by atoms with Crippen molar-refractivity contribution in [2.75, 3.05) is 12.4 Å². The topological polar surface area (TPSA) is 89.0 Å².